The zero-order chi connectivity index (χ0) is 12.6. The highest BCUT2D eigenvalue weighted by atomic mass is 16.5. The molecule has 0 bridgehead atoms. The number of fused-ring (bicyclic) bond motifs is 1. The molecule has 0 aliphatic carbocycles. The first-order valence-corrected chi connectivity index (χ1v) is 6.74. The maximum Gasteiger partial charge on any atom is 0.0591 e. The van der Waals surface area contributed by atoms with Gasteiger partial charge in [0.1, 0.15) is 0 Å². The molecule has 3 nitrogen and oxygen atoms in total. The molecular weight excluding hydrogens is 224 g/mol. The van der Waals surface area contributed by atoms with Gasteiger partial charge in [-0.15, -0.1) is 0 Å². The van der Waals surface area contributed by atoms with Gasteiger partial charge in [-0.2, -0.15) is 0 Å². The number of hydrogen-bond donors (Lipinski definition) is 2. The summed E-state index contributed by atoms with van der Waals surface area (Å²) in [4.78, 5) is 3.20. The van der Waals surface area contributed by atoms with Crippen molar-refractivity contribution >= 4 is 10.9 Å². The quantitative estimate of drug-likeness (QED) is 0.702. The van der Waals surface area contributed by atoms with Crippen molar-refractivity contribution in [3.05, 3.63) is 36.0 Å². The molecule has 0 saturated heterocycles. The maximum absolute atomic E-state index is 5.50. The van der Waals surface area contributed by atoms with E-state index in [0.29, 0.717) is 0 Å². The molecule has 1 heterocycles. The molecule has 0 amide bonds. The van der Waals surface area contributed by atoms with E-state index in [4.69, 9.17) is 4.74 Å². The molecule has 0 saturated carbocycles. The summed E-state index contributed by atoms with van der Waals surface area (Å²) in [5.41, 5.74) is 2.51. The normalized spacial score (nSPS) is 11.2. The van der Waals surface area contributed by atoms with Gasteiger partial charge >= 0.3 is 0 Å². The summed E-state index contributed by atoms with van der Waals surface area (Å²) >= 11 is 0. The molecule has 2 aromatic rings. The lowest BCUT2D eigenvalue weighted by atomic mass is 10.1. The number of ether oxygens (including phenoxy) is 1. The highest BCUT2D eigenvalue weighted by molar-refractivity contribution is 5.79. The number of nitrogens with one attached hydrogen (secondary N) is 2. The summed E-state index contributed by atoms with van der Waals surface area (Å²) in [5, 5.41) is 4.67. The van der Waals surface area contributed by atoms with Crippen molar-refractivity contribution in [2.75, 3.05) is 19.8 Å². The topological polar surface area (TPSA) is 37.0 Å². The zero-order valence-corrected chi connectivity index (χ0v) is 11.0. The van der Waals surface area contributed by atoms with E-state index in [1.54, 1.807) is 0 Å². The highest BCUT2D eigenvalue weighted by Gasteiger charge is 1.97. The summed E-state index contributed by atoms with van der Waals surface area (Å²) in [7, 11) is 0. The molecule has 1 aromatic heterocycles. The van der Waals surface area contributed by atoms with Gasteiger partial charge in [-0.1, -0.05) is 19.4 Å². The Kier molecular flexibility index (Phi) is 5.24. The molecule has 0 unspecified atom stereocenters. The smallest absolute Gasteiger partial charge is 0.0591 e. The van der Waals surface area contributed by atoms with Gasteiger partial charge in [0.2, 0.25) is 0 Å². The van der Waals surface area contributed by atoms with Crippen molar-refractivity contribution in [1.29, 1.82) is 0 Å². The fraction of sp³-hybridized carbons (Fsp3) is 0.467. The van der Waals surface area contributed by atoms with E-state index < -0.39 is 0 Å². The molecule has 0 aliphatic rings. The van der Waals surface area contributed by atoms with E-state index in [-0.39, 0.29) is 0 Å². The lowest BCUT2D eigenvalue weighted by molar-refractivity contribution is 0.133. The first-order valence-electron chi connectivity index (χ1n) is 6.74. The summed E-state index contributed by atoms with van der Waals surface area (Å²) in [6.07, 6.45) is 4.33. The van der Waals surface area contributed by atoms with Gasteiger partial charge in [-0.05, 0) is 35.6 Å². The largest absolute Gasteiger partial charge is 0.380 e. The second kappa shape index (κ2) is 7.19. The Labute approximate surface area is 109 Å². The van der Waals surface area contributed by atoms with Gasteiger partial charge < -0.3 is 15.0 Å². The van der Waals surface area contributed by atoms with Gasteiger partial charge in [-0.25, -0.2) is 0 Å². The molecule has 3 heteroatoms. The van der Waals surface area contributed by atoms with Gasteiger partial charge in [0.05, 0.1) is 6.61 Å². The van der Waals surface area contributed by atoms with E-state index in [1.807, 2.05) is 6.20 Å². The molecule has 98 valence electrons. The van der Waals surface area contributed by atoms with Crippen LogP contribution in [0.3, 0.4) is 0 Å². The predicted molar refractivity (Wildman–Crippen MR) is 75.7 cm³/mol. The third kappa shape index (κ3) is 3.86. The maximum atomic E-state index is 5.50. The van der Waals surface area contributed by atoms with Crippen LogP contribution in [0.15, 0.2) is 30.5 Å². The first kappa shape index (κ1) is 13.1. The number of aromatic nitrogens is 1. The van der Waals surface area contributed by atoms with E-state index in [0.717, 1.165) is 32.7 Å². The monoisotopic (exact) mass is 246 g/mol. The molecule has 0 atom stereocenters. The van der Waals surface area contributed by atoms with Crippen LogP contribution in [0, 0.1) is 0 Å². The molecular formula is C15H22N2O. The number of benzene rings is 1. The Bertz CT molecular complexity index is 464. The van der Waals surface area contributed by atoms with Crippen molar-refractivity contribution in [3.8, 4) is 0 Å². The third-order valence-electron chi connectivity index (χ3n) is 3.01. The Morgan fingerprint density at radius 2 is 2.17 bits per heavy atom. The Morgan fingerprint density at radius 3 is 3.06 bits per heavy atom. The van der Waals surface area contributed by atoms with Crippen molar-refractivity contribution in [2.24, 2.45) is 0 Å². The predicted octanol–water partition coefficient (Wildman–Crippen LogP) is 3.07. The molecule has 0 spiro atoms. The van der Waals surface area contributed by atoms with Crippen molar-refractivity contribution < 1.29 is 4.74 Å². The number of H-pyrrole nitrogens is 1. The fourth-order valence-corrected chi connectivity index (χ4v) is 1.94. The number of unbranched alkanes of at least 4 members (excludes halogenated alkanes) is 1. The van der Waals surface area contributed by atoms with Crippen LogP contribution in [0.2, 0.25) is 0 Å². The average Bonchev–Trinajstić information content (AvgIpc) is 2.85. The van der Waals surface area contributed by atoms with Crippen LogP contribution in [-0.2, 0) is 11.3 Å². The second-order valence-corrected chi connectivity index (χ2v) is 4.54. The van der Waals surface area contributed by atoms with E-state index in [9.17, 15) is 0 Å². The average molecular weight is 246 g/mol. The summed E-state index contributed by atoms with van der Waals surface area (Å²) in [6.45, 7) is 5.67. The molecule has 0 aliphatic heterocycles. The minimum Gasteiger partial charge on any atom is -0.380 e. The minimum atomic E-state index is 0.798. The number of hydrogen-bond acceptors (Lipinski definition) is 2. The fourth-order valence-electron chi connectivity index (χ4n) is 1.94. The van der Waals surface area contributed by atoms with E-state index >= 15 is 0 Å². The SMILES string of the molecule is CCCCOCCNCc1ccc2[nH]ccc2c1. The lowest BCUT2D eigenvalue weighted by Gasteiger charge is -2.06. The van der Waals surface area contributed by atoms with Gasteiger partial charge in [0, 0.05) is 31.4 Å². The van der Waals surface area contributed by atoms with Crippen molar-refractivity contribution in [3.63, 3.8) is 0 Å². The summed E-state index contributed by atoms with van der Waals surface area (Å²) in [5.74, 6) is 0. The van der Waals surface area contributed by atoms with Gasteiger partial charge in [0.25, 0.3) is 0 Å². The van der Waals surface area contributed by atoms with E-state index in [2.05, 4.69) is 41.5 Å². The third-order valence-corrected chi connectivity index (χ3v) is 3.01. The van der Waals surface area contributed by atoms with Crippen molar-refractivity contribution in [1.82, 2.24) is 10.3 Å². The lowest BCUT2D eigenvalue weighted by Crippen LogP contribution is -2.19. The summed E-state index contributed by atoms with van der Waals surface area (Å²) in [6, 6.07) is 8.61. The Hall–Kier alpha value is -1.32. The molecule has 0 fully saturated rings. The standard InChI is InChI=1S/C15H22N2O/c1-2-3-9-18-10-8-16-12-13-4-5-15-14(11-13)6-7-17-15/h4-7,11,16-17H,2-3,8-10,12H2,1H3. The van der Waals surface area contributed by atoms with Crippen LogP contribution in [0.25, 0.3) is 10.9 Å². The number of aromatic amines is 1. The van der Waals surface area contributed by atoms with Crippen LogP contribution in [0.5, 0.6) is 0 Å². The Morgan fingerprint density at radius 1 is 1.22 bits per heavy atom. The van der Waals surface area contributed by atoms with E-state index in [1.165, 1.54) is 22.9 Å². The van der Waals surface area contributed by atoms with Crippen molar-refractivity contribution in [2.45, 2.75) is 26.3 Å². The Balaban J connectivity index is 1.67. The summed E-state index contributed by atoms with van der Waals surface area (Å²) < 4.78 is 5.50. The molecule has 18 heavy (non-hydrogen) atoms. The van der Waals surface area contributed by atoms with Crippen LogP contribution in [0.1, 0.15) is 25.3 Å². The van der Waals surface area contributed by atoms with Crippen LogP contribution in [-0.4, -0.2) is 24.7 Å². The molecule has 2 N–H and O–H groups in total. The molecule has 1 aromatic carbocycles. The molecule has 0 radical (unpaired) electrons. The van der Waals surface area contributed by atoms with Crippen LogP contribution < -0.4 is 5.32 Å². The zero-order valence-electron chi connectivity index (χ0n) is 11.0. The van der Waals surface area contributed by atoms with Gasteiger partial charge in [-0.3, -0.25) is 0 Å². The first-order chi connectivity index (χ1) is 8.90. The molecule has 2 rings (SSSR count). The van der Waals surface area contributed by atoms with Gasteiger partial charge in [0.15, 0.2) is 0 Å². The second-order valence-electron chi connectivity index (χ2n) is 4.54. The number of rotatable bonds is 8. The van der Waals surface area contributed by atoms with Crippen LogP contribution in [0.4, 0.5) is 0 Å². The van der Waals surface area contributed by atoms with Crippen LogP contribution >= 0.6 is 0 Å². The minimum absolute atomic E-state index is 0.798. The highest BCUT2D eigenvalue weighted by Crippen LogP contribution is 2.13.